The van der Waals surface area contributed by atoms with Gasteiger partial charge in [-0.05, 0) is 42.5 Å². The van der Waals surface area contributed by atoms with Crippen molar-refractivity contribution < 1.29 is 24.1 Å². The highest BCUT2D eigenvalue weighted by molar-refractivity contribution is 6.32. The van der Waals surface area contributed by atoms with Gasteiger partial charge in [-0.1, -0.05) is 23.7 Å². The number of aromatic nitrogens is 3. The highest BCUT2D eigenvalue weighted by Crippen LogP contribution is 2.34. The molecule has 10 nitrogen and oxygen atoms in total. The minimum atomic E-state index is -0.864. The molecule has 1 aliphatic heterocycles. The average Bonchev–Trinajstić information content (AvgIpc) is 2.97. The van der Waals surface area contributed by atoms with Gasteiger partial charge in [0.1, 0.15) is 30.3 Å². The van der Waals surface area contributed by atoms with Gasteiger partial charge in [-0.2, -0.15) is 0 Å². The summed E-state index contributed by atoms with van der Waals surface area (Å²) in [6.07, 6.45) is 2.45. The molecule has 11 heteroatoms. The number of nitrogens with zero attached hydrogens (tertiary/aromatic N) is 4. The van der Waals surface area contributed by atoms with Crippen molar-refractivity contribution in [1.82, 2.24) is 19.9 Å². The number of rotatable bonds is 10. The number of aliphatic hydroxyl groups excluding tert-OH is 1. The first kappa shape index (κ1) is 26.6. The van der Waals surface area contributed by atoms with Gasteiger partial charge in [0.05, 0.1) is 34.8 Å². The standard InChI is InChI=1S/C28H28ClN5O5/c29-21-16-19(7-8-23(21)38-17-20-4-1-2-10-30-20)33-27-26-22(31-18-32-27)5-3-6-24(26)39-25(9-13-35)28(36)34-11-14-37-15-12-34/h1-8,10,16,18,25,35H,9,11-15,17H2,(H,31,32,33)/t25-/m1/s1. The zero-order valence-electron chi connectivity index (χ0n) is 21.1. The molecule has 0 saturated carbocycles. The molecule has 2 aromatic heterocycles. The van der Waals surface area contributed by atoms with Crippen molar-refractivity contribution >= 4 is 39.9 Å². The van der Waals surface area contributed by atoms with Crippen LogP contribution in [0, 0.1) is 0 Å². The van der Waals surface area contributed by atoms with E-state index in [1.54, 1.807) is 35.4 Å². The van der Waals surface area contributed by atoms with Crippen LogP contribution in [0.1, 0.15) is 12.1 Å². The Morgan fingerprint density at radius 2 is 1.95 bits per heavy atom. The van der Waals surface area contributed by atoms with Crippen LogP contribution in [0.5, 0.6) is 11.5 Å². The molecule has 1 amide bonds. The second-order valence-electron chi connectivity index (χ2n) is 8.81. The number of nitrogens with one attached hydrogen (secondary N) is 1. The Bertz CT molecular complexity index is 1410. The van der Waals surface area contributed by atoms with Gasteiger partial charge in [0.25, 0.3) is 5.91 Å². The molecule has 0 aliphatic carbocycles. The second-order valence-corrected chi connectivity index (χ2v) is 9.22. The maximum Gasteiger partial charge on any atom is 0.263 e. The molecule has 2 N–H and O–H groups in total. The predicted octanol–water partition coefficient (Wildman–Crippen LogP) is 3.99. The molecule has 0 bridgehead atoms. The van der Waals surface area contributed by atoms with Crippen molar-refractivity contribution in [2.75, 3.05) is 38.2 Å². The minimum absolute atomic E-state index is 0.151. The van der Waals surface area contributed by atoms with Crippen molar-refractivity contribution in [3.63, 3.8) is 0 Å². The topological polar surface area (TPSA) is 119 Å². The van der Waals surface area contributed by atoms with Gasteiger partial charge < -0.3 is 29.5 Å². The number of halogens is 1. The highest BCUT2D eigenvalue weighted by Gasteiger charge is 2.28. The van der Waals surface area contributed by atoms with Crippen LogP contribution >= 0.6 is 11.6 Å². The van der Waals surface area contributed by atoms with Crippen LogP contribution in [0.4, 0.5) is 11.5 Å². The molecule has 0 unspecified atom stereocenters. The molecule has 0 radical (unpaired) electrons. The van der Waals surface area contributed by atoms with Crippen LogP contribution in [0.3, 0.4) is 0 Å². The molecule has 4 aromatic rings. The summed E-state index contributed by atoms with van der Waals surface area (Å²) in [6, 6.07) is 16.4. The van der Waals surface area contributed by atoms with E-state index in [2.05, 4.69) is 20.3 Å². The molecule has 1 atom stereocenters. The molecule has 1 fully saturated rings. The van der Waals surface area contributed by atoms with Gasteiger partial charge in [0.15, 0.2) is 6.10 Å². The van der Waals surface area contributed by atoms with E-state index >= 15 is 0 Å². The van der Waals surface area contributed by atoms with E-state index in [0.717, 1.165) is 5.69 Å². The Morgan fingerprint density at radius 3 is 2.72 bits per heavy atom. The minimum Gasteiger partial charge on any atom is -0.486 e. The van der Waals surface area contributed by atoms with E-state index in [-0.39, 0.29) is 18.9 Å². The van der Waals surface area contributed by atoms with Gasteiger partial charge in [-0.15, -0.1) is 0 Å². The number of carbonyl (C=O) groups excluding carboxylic acids is 1. The van der Waals surface area contributed by atoms with Gasteiger partial charge in [0, 0.05) is 38.0 Å². The summed E-state index contributed by atoms with van der Waals surface area (Å²) in [5.41, 5.74) is 2.10. The Kier molecular flexibility index (Phi) is 8.67. The summed E-state index contributed by atoms with van der Waals surface area (Å²) in [4.78, 5) is 27.9. The molecule has 0 spiro atoms. The zero-order chi connectivity index (χ0) is 27.0. The second kappa shape index (κ2) is 12.7. The molecule has 202 valence electrons. The maximum atomic E-state index is 13.2. The monoisotopic (exact) mass is 549 g/mol. The third-order valence-electron chi connectivity index (χ3n) is 6.18. The lowest BCUT2D eigenvalue weighted by Gasteiger charge is -2.30. The number of hydrogen-bond acceptors (Lipinski definition) is 9. The first-order valence-electron chi connectivity index (χ1n) is 12.6. The molecular formula is C28H28ClN5O5. The summed E-state index contributed by atoms with van der Waals surface area (Å²) in [6.45, 7) is 2.02. The van der Waals surface area contributed by atoms with E-state index in [4.69, 9.17) is 25.8 Å². The SMILES string of the molecule is O=C([C@@H](CCO)Oc1cccc2ncnc(Nc3ccc(OCc4ccccn4)c(Cl)c3)c12)N1CCOCC1. The lowest BCUT2D eigenvalue weighted by atomic mass is 10.1. The molecule has 5 rings (SSSR count). The number of amides is 1. The van der Waals surface area contributed by atoms with Crippen molar-refractivity contribution in [3.8, 4) is 11.5 Å². The normalized spacial score (nSPS) is 14.2. The number of pyridine rings is 1. The fourth-order valence-electron chi connectivity index (χ4n) is 4.23. The summed E-state index contributed by atoms with van der Waals surface area (Å²) >= 11 is 6.51. The largest absolute Gasteiger partial charge is 0.486 e. The Hall–Kier alpha value is -3.99. The molecule has 1 aliphatic rings. The Balaban J connectivity index is 1.37. The van der Waals surface area contributed by atoms with E-state index in [1.807, 2.05) is 30.3 Å². The number of hydrogen-bond donors (Lipinski definition) is 2. The van der Waals surface area contributed by atoms with Crippen LogP contribution in [0.2, 0.25) is 5.02 Å². The van der Waals surface area contributed by atoms with E-state index in [0.29, 0.717) is 71.8 Å². The van der Waals surface area contributed by atoms with Gasteiger partial charge in [0.2, 0.25) is 0 Å². The number of fused-ring (bicyclic) bond motifs is 1. The lowest BCUT2D eigenvalue weighted by molar-refractivity contribution is -0.143. The van der Waals surface area contributed by atoms with Crippen molar-refractivity contribution in [2.24, 2.45) is 0 Å². The van der Waals surface area contributed by atoms with Crippen LogP contribution in [0.25, 0.3) is 10.9 Å². The number of ether oxygens (including phenoxy) is 3. The quantitative estimate of drug-likeness (QED) is 0.302. The highest BCUT2D eigenvalue weighted by atomic mass is 35.5. The Morgan fingerprint density at radius 1 is 1.08 bits per heavy atom. The number of anilines is 2. The fourth-order valence-corrected chi connectivity index (χ4v) is 4.46. The number of aliphatic hydroxyl groups is 1. The van der Waals surface area contributed by atoms with Crippen LogP contribution in [0.15, 0.2) is 67.1 Å². The van der Waals surface area contributed by atoms with Crippen molar-refractivity contribution in [3.05, 3.63) is 77.8 Å². The van der Waals surface area contributed by atoms with Crippen molar-refractivity contribution in [1.29, 1.82) is 0 Å². The average molecular weight is 550 g/mol. The van der Waals surface area contributed by atoms with Crippen LogP contribution in [-0.4, -0.2) is 69.9 Å². The first-order valence-corrected chi connectivity index (χ1v) is 13.0. The fraction of sp³-hybridized carbons (Fsp3) is 0.286. The van der Waals surface area contributed by atoms with Gasteiger partial charge >= 0.3 is 0 Å². The van der Waals surface area contributed by atoms with Crippen LogP contribution in [-0.2, 0) is 16.1 Å². The zero-order valence-corrected chi connectivity index (χ0v) is 21.9. The third-order valence-corrected chi connectivity index (χ3v) is 6.48. The molecule has 3 heterocycles. The van der Waals surface area contributed by atoms with Gasteiger partial charge in [-0.3, -0.25) is 9.78 Å². The molecule has 2 aromatic carbocycles. The Labute approximate surface area is 230 Å². The number of benzene rings is 2. The summed E-state index contributed by atoms with van der Waals surface area (Å²) in [7, 11) is 0. The smallest absolute Gasteiger partial charge is 0.263 e. The van der Waals surface area contributed by atoms with E-state index in [1.165, 1.54) is 6.33 Å². The number of carbonyl (C=O) groups is 1. The first-order chi connectivity index (χ1) is 19.1. The third kappa shape index (κ3) is 6.54. The van der Waals surface area contributed by atoms with E-state index in [9.17, 15) is 9.90 Å². The van der Waals surface area contributed by atoms with Crippen LogP contribution < -0.4 is 14.8 Å². The van der Waals surface area contributed by atoms with Gasteiger partial charge in [-0.25, -0.2) is 9.97 Å². The molecule has 1 saturated heterocycles. The lowest BCUT2D eigenvalue weighted by Crippen LogP contribution is -2.47. The summed E-state index contributed by atoms with van der Waals surface area (Å²) < 4.78 is 17.4. The van der Waals surface area contributed by atoms with Crippen molar-refractivity contribution in [2.45, 2.75) is 19.1 Å². The summed E-state index contributed by atoms with van der Waals surface area (Å²) in [5, 5.41) is 13.9. The maximum absolute atomic E-state index is 13.2. The molecule has 39 heavy (non-hydrogen) atoms. The van der Waals surface area contributed by atoms with E-state index < -0.39 is 6.10 Å². The predicted molar refractivity (Wildman–Crippen MR) is 146 cm³/mol. The molecular weight excluding hydrogens is 522 g/mol. The summed E-state index contributed by atoms with van der Waals surface area (Å²) in [5.74, 6) is 1.24. The number of morpholine rings is 1.